The molecule has 3 aliphatic rings. The highest BCUT2D eigenvalue weighted by molar-refractivity contribution is 5.92. The highest BCUT2D eigenvalue weighted by Gasteiger charge is 2.50. The lowest BCUT2D eigenvalue weighted by Gasteiger charge is -2.39. The van der Waals surface area contributed by atoms with Crippen molar-refractivity contribution in [2.45, 2.75) is 50.7 Å². The molecule has 0 radical (unpaired) electrons. The molecule has 0 N–H and O–H groups in total. The van der Waals surface area contributed by atoms with Crippen LogP contribution in [0.1, 0.15) is 44.1 Å². The van der Waals surface area contributed by atoms with Gasteiger partial charge in [-0.2, -0.15) is 18.4 Å². The van der Waals surface area contributed by atoms with Gasteiger partial charge in [0.1, 0.15) is 17.1 Å². The van der Waals surface area contributed by atoms with Crippen molar-refractivity contribution in [2.75, 3.05) is 50.7 Å². The molecule has 9 heteroatoms. The third-order valence-corrected chi connectivity index (χ3v) is 8.13. The van der Waals surface area contributed by atoms with Gasteiger partial charge >= 0.3 is 6.18 Å². The third-order valence-electron chi connectivity index (χ3n) is 8.13. The summed E-state index contributed by atoms with van der Waals surface area (Å²) in [5, 5.41) is 9.39. The Balaban J connectivity index is 1.28. The quantitative estimate of drug-likeness (QED) is 0.636. The van der Waals surface area contributed by atoms with Crippen molar-refractivity contribution in [3.63, 3.8) is 0 Å². The van der Waals surface area contributed by atoms with Crippen LogP contribution in [0.5, 0.6) is 0 Å². The number of likely N-dealkylation sites (tertiary alicyclic amines) is 2. The number of nitrogens with zero attached hydrogens (tertiary/aromatic N) is 6. The molecule has 6 nitrogen and oxygen atoms in total. The molecule has 35 heavy (non-hydrogen) atoms. The Kier molecular flexibility index (Phi) is 7.12. The number of aromatic nitrogens is 2. The van der Waals surface area contributed by atoms with Crippen LogP contribution in [0.15, 0.2) is 24.5 Å². The highest BCUT2D eigenvalue weighted by Crippen LogP contribution is 2.41. The van der Waals surface area contributed by atoms with Crippen molar-refractivity contribution >= 4 is 16.7 Å². The minimum absolute atomic E-state index is 0.0873. The van der Waals surface area contributed by atoms with Gasteiger partial charge in [0.2, 0.25) is 0 Å². The Hall–Kier alpha value is -2.44. The minimum Gasteiger partial charge on any atom is -0.369 e. The van der Waals surface area contributed by atoms with E-state index in [9.17, 15) is 18.4 Å². The van der Waals surface area contributed by atoms with Crippen molar-refractivity contribution in [3.05, 3.63) is 30.1 Å². The smallest absolute Gasteiger partial charge is 0.369 e. The van der Waals surface area contributed by atoms with Crippen LogP contribution in [0.3, 0.4) is 0 Å². The van der Waals surface area contributed by atoms with Crippen LogP contribution in [0.25, 0.3) is 11.0 Å². The van der Waals surface area contributed by atoms with Crippen molar-refractivity contribution in [3.8, 4) is 6.07 Å². The first kappa shape index (κ1) is 24.3. The first-order valence-electron chi connectivity index (χ1n) is 12.9. The summed E-state index contributed by atoms with van der Waals surface area (Å²) in [5.74, 6) is -1.87. The van der Waals surface area contributed by atoms with E-state index in [-0.39, 0.29) is 6.54 Å². The molecule has 0 saturated carbocycles. The summed E-state index contributed by atoms with van der Waals surface area (Å²) in [4.78, 5) is 15.3. The third kappa shape index (κ3) is 5.24. The fourth-order valence-corrected chi connectivity index (χ4v) is 6.27. The summed E-state index contributed by atoms with van der Waals surface area (Å²) >= 11 is 0. The average Bonchev–Trinajstić information content (AvgIpc) is 3.09. The minimum atomic E-state index is -4.25. The molecule has 3 aliphatic heterocycles. The number of fused-ring (bicyclic) bond motifs is 1. The topological polar surface area (TPSA) is 59.3 Å². The molecule has 3 saturated heterocycles. The molecular weight excluding hydrogens is 453 g/mol. The van der Waals surface area contributed by atoms with Gasteiger partial charge in [-0.05, 0) is 64.0 Å². The molecule has 188 valence electrons. The van der Waals surface area contributed by atoms with E-state index < -0.39 is 18.0 Å². The van der Waals surface area contributed by atoms with Crippen LogP contribution in [0.4, 0.5) is 18.9 Å². The van der Waals surface area contributed by atoms with Gasteiger partial charge in [0.05, 0.1) is 17.2 Å². The van der Waals surface area contributed by atoms with Crippen LogP contribution in [0.2, 0.25) is 0 Å². The van der Waals surface area contributed by atoms with E-state index in [1.54, 1.807) is 17.0 Å². The summed E-state index contributed by atoms with van der Waals surface area (Å²) in [5.41, 5.74) is 1.94. The Morgan fingerprint density at radius 1 is 0.914 bits per heavy atom. The predicted molar refractivity (Wildman–Crippen MR) is 129 cm³/mol. The van der Waals surface area contributed by atoms with Gasteiger partial charge in [-0.1, -0.05) is 12.8 Å². The van der Waals surface area contributed by atoms with Gasteiger partial charge in [-0.3, -0.25) is 9.97 Å². The maximum atomic E-state index is 14.1. The second kappa shape index (κ2) is 10.3. The summed E-state index contributed by atoms with van der Waals surface area (Å²) < 4.78 is 42.3. The summed E-state index contributed by atoms with van der Waals surface area (Å²) in [6.07, 6.45) is 6.02. The monoisotopic (exact) mass is 486 g/mol. The van der Waals surface area contributed by atoms with Gasteiger partial charge in [-0.25, -0.2) is 0 Å². The van der Waals surface area contributed by atoms with Gasteiger partial charge in [-0.15, -0.1) is 0 Å². The lowest BCUT2D eigenvalue weighted by molar-refractivity contribution is -0.180. The second-order valence-corrected chi connectivity index (χ2v) is 10.3. The van der Waals surface area contributed by atoms with Gasteiger partial charge in [0.25, 0.3) is 0 Å². The Morgan fingerprint density at radius 2 is 1.60 bits per heavy atom. The predicted octanol–water partition coefficient (Wildman–Crippen LogP) is 4.46. The maximum Gasteiger partial charge on any atom is 0.393 e. The number of rotatable bonds is 4. The van der Waals surface area contributed by atoms with E-state index >= 15 is 0 Å². The number of nitriles is 1. The molecule has 0 spiro atoms. The molecule has 0 aliphatic carbocycles. The van der Waals surface area contributed by atoms with Gasteiger partial charge in [0, 0.05) is 44.0 Å². The molecule has 1 aromatic carbocycles. The number of anilines is 1. The van der Waals surface area contributed by atoms with Crippen LogP contribution in [-0.4, -0.2) is 77.8 Å². The van der Waals surface area contributed by atoms with E-state index in [2.05, 4.69) is 25.8 Å². The molecule has 1 unspecified atom stereocenters. The number of hydrogen-bond acceptors (Lipinski definition) is 6. The zero-order chi connectivity index (χ0) is 24.4. The number of alkyl halides is 3. The van der Waals surface area contributed by atoms with E-state index in [1.165, 1.54) is 51.2 Å². The van der Waals surface area contributed by atoms with Crippen molar-refractivity contribution in [1.29, 1.82) is 5.26 Å². The van der Waals surface area contributed by atoms with E-state index in [0.717, 1.165) is 25.9 Å². The average molecular weight is 487 g/mol. The molecule has 4 heterocycles. The largest absolute Gasteiger partial charge is 0.393 e. The zero-order valence-corrected chi connectivity index (χ0v) is 20.1. The Bertz CT molecular complexity index is 1050. The second-order valence-electron chi connectivity index (χ2n) is 10.3. The molecule has 1 aromatic heterocycles. The first-order valence-corrected chi connectivity index (χ1v) is 12.9. The van der Waals surface area contributed by atoms with Crippen LogP contribution < -0.4 is 4.90 Å². The highest BCUT2D eigenvalue weighted by atomic mass is 19.4. The fraction of sp³-hybridized carbons (Fsp3) is 0.654. The Morgan fingerprint density at radius 3 is 2.26 bits per heavy atom. The summed E-state index contributed by atoms with van der Waals surface area (Å²) in [6, 6.07) is 6.03. The zero-order valence-electron chi connectivity index (χ0n) is 20.1. The van der Waals surface area contributed by atoms with Crippen LogP contribution >= 0.6 is 0 Å². The standard InChI is InChI=1S/C26H33F3N6/c27-26(28,29)22-18-35(23-6-5-19(15-30)24-25(23)32-10-9-31-24)17-20(22)16-33-13-7-21(8-14-33)34-11-3-1-2-4-12-34/h5-6,9-10,20-22H,1-4,7-8,11-14,16-18H2/t20-,22?/m0/s1. The number of halogens is 3. The molecule has 2 aromatic rings. The molecular formula is C26H33F3N6. The molecule has 0 amide bonds. The molecule has 5 rings (SSSR count). The van der Waals surface area contributed by atoms with E-state index in [1.807, 2.05) is 0 Å². The van der Waals surface area contributed by atoms with E-state index in [4.69, 9.17) is 0 Å². The lowest BCUT2D eigenvalue weighted by Crippen LogP contribution is -2.47. The molecule has 0 bridgehead atoms. The van der Waals surface area contributed by atoms with Gasteiger partial charge in [0.15, 0.2) is 0 Å². The normalized spacial score (nSPS) is 25.6. The van der Waals surface area contributed by atoms with Crippen molar-refractivity contribution < 1.29 is 13.2 Å². The lowest BCUT2D eigenvalue weighted by atomic mass is 9.93. The van der Waals surface area contributed by atoms with E-state index in [0.29, 0.717) is 41.4 Å². The Labute approximate surface area is 204 Å². The van der Waals surface area contributed by atoms with Gasteiger partial charge < -0.3 is 14.7 Å². The number of benzene rings is 1. The first-order chi connectivity index (χ1) is 16.9. The summed E-state index contributed by atoms with van der Waals surface area (Å²) in [6.45, 7) is 4.78. The van der Waals surface area contributed by atoms with Crippen LogP contribution in [0, 0.1) is 23.2 Å². The van der Waals surface area contributed by atoms with Crippen molar-refractivity contribution in [1.82, 2.24) is 19.8 Å². The number of hydrogen-bond donors (Lipinski definition) is 0. The SMILES string of the molecule is N#Cc1ccc(N2CC(C(F)(F)F)[C@@H](CN3CCC(N4CCCCCC4)CC3)C2)c2nccnc12. The number of piperidine rings is 1. The molecule has 2 atom stereocenters. The van der Waals surface area contributed by atoms with Crippen molar-refractivity contribution in [2.24, 2.45) is 11.8 Å². The summed E-state index contributed by atoms with van der Waals surface area (Å²) in [7, 11) is 0. The van der Waals surface area contributed by atoms with Crippen LogP contribution in [-0.2, 0) is 0 Å². The fourth-order valence-electron chi connectivity index (χ4n) is 6.27. The molecule has 3 fully saturated rings. The maximum absolute atomic E-state index is 14.1.